The first-order valence-electron chi connectivity index (χ1n) is 11.2. The van der Waals surface area contributed by atoms with E-state index in [0.717, 1.165) is 54.3 Å². The molecule has 0 unspecified atom stereocenters. The molecular formula is C22H28F2N4O2S. The molecule has 2 aromatic rings. The Kier molecular flexibility index (Phi) is 5.58. The van der Waals surface area contributed by atoms with Gasteiger partial charge in [0, 0.05) is 43.3 Å². The van der Waals surface area contributed by atoms with Crippen molar-refractivity contribution in [2.75, 3.05) is 13.1 Å². The lowest BCUT2D eigenvalue weighted by atomic mass is 9.90. The van der Waals surface area contributed by atoms with Crippen molar-refractivity contribution in [2.45, 2.75) is 81.8 Å². The van der Waals surface area contributed by atoms with Gasteiger partial charge in [-0.15, -0.1) is 11.3 Å². The smallest absolute Gasteiger partial charge is 0.250 e. The van der Waals surface area contributed by atoms with E-state index in [-0.39, 0.29) is 30.8 Å². The monoisotopic (exact) mass is 450 g/mol. The van der Waals surface area contributed by atoms with Crippen molar-refractivity contribution in [2.24, 2.45) is 5.73 Å². The van der Waals surface area contributed by atoms with Gasteiger partial charge < -0.3 is 10.5 Å². The predicted molar refractivity (Wildman–Crippen MR) is 115 cm³/mol. The molecule has 3 heterocycles. The van der Waals surface area contributed by atoms with Crippen LogP contribution in [0.5, 0.6) is 5.88 Å². The van der Waals surface area contributed by atoms with Gasteiger partial charge in [-0.25, -0.2) is 18.7 Å². The third-order valence-corrected chi connectivity index (χ3v) is 8.28. The number of primary amides is 1. The zero-order chi connectivity index (χ0) is 21.6. The highest BCUT2D eigenvalue weighted by molar-refractivity contribution is 7.19. The standard InChI is InChI=1S/C22H28F2N4O2S/c23-22(24)7-9-28(10-8-22)14-2-4-15(5-3-14)30-20-19-18-13(11-17(25)29)1-6-16(18)31-21(19)27-12-26-20/h12-15H,1-11H2,(H2,25,29)/t13-,14-,15-/m1/s1. The summed E-state index contributed by atoms with van der Waals surface area (Å²) in [5.41, 5.74) is 6.63. The maximum atomic E-state index is 13.5. The Morgan fingerprint density at radius 1 is 1.19 bits per heavy atom. The number of likely N-dealkylation sites (tertiary alicyclic amines) is 1. The van der Waals surface area contributed by atoms with E-state index in [2.05, 4.69) is 14.9 Å². The quantitative estimate of drug-likeness (QED) is 0.744. The Balaban J connectivity index is 1.27. The van der Waals surface area contributed by atoms with E-state index in [0.29, 0.717) is 31.4 Å². The second kappa shape index (κ2) is 8.24. The summed E-state index contributed by atoms with van der Waals surface area (Å²) in [5, 5.41) is 0.951. The summed E-state index contributed by atoms with van der Waals surface area (Å²) in [6.07, 6.45) is 7.44. The molecule has 31 heavy (non-hydrogen) atoms. The molecule has 6 nitrogen and oxygen atoms in total. The van der Waals surface area contributed by atoms with Crippen molar-refractivity contribution in [1.82, 2.24) is 14.9 Å². The number of carbonyl (C=O) groups is 1. The number of alkyl halides is 2. The molecule has 5 rings (SSSR count). The van der Waals surface area contributed by atoms with Crippen LogP contribution in [0.25, 0.3) is 10.2 Å². The lowest BCUT2D eigenvalue weighted by molar-refractivity contribution is -0.118. The molecule has 9 heteroatoms. The molecule has 1 amide bonds. The first kappa shape index (κ1) is 21.0. The summed E-state index contributed by atoms with van der Waals surface area (Å²) in [7, 11) is 0. The van der Waals surface area contributed by atoms with E-state index in [4.69, 9.17) is 10.5 Å². The number of hydrogen-bond acceptors (Lipinski definition) is 6. The fourth-order valence-electron chi connectivity index (χ4n) is 5.48. The van der Waals surface area contributed by atoms with Gasteiger partial charge in [-0.05, 0) is 50.0 Å². The van der Waals surface area contributed by atoms with E-state index in [9.17, 15) is 13.6 Å². The first-order valence-corrected chi connectivity index (χ1v) is 12.0. The van der Waals surface area contributed by atoms with Crippen molar-refractivity contribution >= 4 is 27.5 Å². The summed E-state index contributed by atoms with van der Waals surface area (Å²) in [5.74, 6) is -2.06. The van der Waals surface area contributed by atoms with Crippen LogP contribution in [0.1, 0.15) is 67.7 Å². The fraction of sp³-hybridized carbons (Fsp3) is 0.682. The molecule has 168 valence electrons. The lowest BCUT2D eigenvalue weighted by Crippen LogP contribution is -2.47. The van der Waals surface area contributed by atoms with Gasteiger partial charge in [-0.1, -0.05) is 0 Å². The van der Waals surface area contributed by atoms with Gasteiger partial charge >= 0.3 is 0 Å². The average Bonchev–Trinajstić information content (AvgIpc) is 3.28. The van der Waals surface area contributed by atoms with Crippen molar-refractivity contribution in [3.05, 3.63) is 16.8 Å². The van der Waals surface area contributed by atoms with Crippen LogP contribution in [-0.2, 0) is 11.2 Å². The second-order valence-corrected chi connectivity index (χ2v) is 10.2. The summed E-state index contributed by atoms with van der Waals surface area (Å²) in [4.78, 5) is 24.8. The molecule has 1 saturated carbocycles. The molecule has 1 atom stereocenters. The van der Waals surface area contributed by atoms with Gasteiger partial charge in [0.1, 0.15) is 17.3 Å². The number of fused-ring (bicyclic) bond motifs is 3. The highest BCUT2D eigenvalue weighted by atomic mass is 32.1. The Morgan fingerprint density at radius 3 is 2.65 bits per heavy atom. The van der Waals surface area contributed by atoms with Crippen LogP contribution in [0, 0.1) is 0 Å². The van der Waals surface area contributed by atoms with Gasteiger partial charge in [0.2, 0.25) is 11.8 Å². The summed E-state index contributed by atoms with van der Waals surface area (Å²) >= 11 is 1.66. The molecule has 2 aromatic heterocycles. The van der Waals surface area contributed by atoms with Crippen molar-refractivity contribution < 1.29 is 18.3 Å². The van der Waals surface area contributed by atoms with Crippen LogP contribution < -0.4 is 10.5 Å². The van der Waals surface area contributed by atoms with E-state index in [1.165, 1.54) is 4.88 Å². The molecule has 1 saturated heterocycles. The van der Waals surface area contributed by atoms with E-state index in [1.807, 2.05) is 0 Å². The third-order valence-electron chi connectivity index (χ3n) is 7.11. The molecule has 0 aromatic carbocycles. The number of nitrogens with zero attached hydrogens (tertiary/aromatic N) is 3. The average molecular weight is 451 g/mol. The van der Waals surface area contributed by atoms with Crippen LogP contribution >= 0.6 is 11.3 Å². The Bertz CT molecular complexity index is 964. The molecule has 2 N–H and O–H groups in total. The Labute approximate surface area is 184 Å². The maximum Gasteiger partial charge on any atom is 0.250 e. The Hall–Kier alpha value is -1.87. The minimum atomic E-state index is -2.50. The molecule has 1 aliphatic heterocycles. The number of piperidine rings is 1. The molecule has 2 aliphatic carbocycles. The summed E-state index contributed by atoms with van der Waals surface area (Å²) < 4.78 is 33.3. The Morgan fingerprint density at radius 2 is 1.94 bits per heavy atom. The predicted octanol–water partition coefficient (Wildman–Crippen LogP) is 4.02. The highest BCUT2D eigenvalue weighted by Crippen LogP contribution is 2.47. The van der Waals surface area contributed by atoms with Crippen LogP contribution in [0.3, 0.4) is 0 Å². The zero-order valence-electron chi connectivity index (χ0n) is 17.5. The number of ether oxygens (including phenoxy) is 1. The number of amides is 1. The van der Waals surface area contributed by atoms with Crippen molar-refractivity contribution in [3.63, 3.8) is 0 Å². The maximum absolute atomic E-state index is 13.5. The van der Waals surface area contributed by atoms with Gasteiger partial charge in [0.05, 0.1) is 5.39 Å². The largest absolute Gasteiger partial charge is 0.474 e. The van der Waals surface area contributed by atoms with Crippen LogP contribution in [-0.4, -0.2) is 51.9 Å². The number of carbonyl (C=O) groups excluding carboxylic acids is 1. The van der Waals surface area contributed by atoms with Gasteiger partial charge in [0.15, 0.2) is 0 Å². The number of halogens is 2. The second-order valence-electron chi connectivity index (χ2n) is 9.14. The number of rotatable bonds is 5. The van der Waals surface area contributed by atoms with Gasteiger partial charge in [-0.3, -0.25) is 9.69 Å². The first-order chi connectivity index (χ1) is 14.9. The SMILES string of the molecule is NC(=O)C[C@H]1CCc2sc3ncnc(O[C@H]4CC[C@H](N5CCC(F)(F)CC5)CC4)c3c21. The molecule has 2 fully saturated rings. The molecule has 0 radical (unpaired) electrons. The fourth-order valence-corrected chi connectivity index (χ4v) is 6.71. The molecule has 0 bridgehead atoms. The zero-order valence-corrected chi connectivity index (χ0v) is 18.3. The van der Waals surface area contributed by atoms with E-state index >= 15 is 0 Å². The van der Waals surface area contributed by atoms with Gasteiger partial charge in [-0.2, -0.15) is 0 Å². The van der Waals surface area contributed by atoms with E-state index in [1.54, 1.807) is 17.7 Å². The van der Waals surface area contributed by atoms with Crippen molar-refractivity contribution in [1.29, 1.82) is 0 Å². The normalized spacial score (nSPS) is 28.5. The molecule has 0 spiro atoms. The summed E-state index contributed by atoms with van der Waals surface area (Å²) in [6.45, 7) is 0.968. The number of aryl methyl sites for hydroxylation is 1. The molecule has 3 aliphatic rings. The number of nitrogens with two attached hydrogens (primary N) is 1. The van der Waals surface area contributed by atoms with Crippen LogP contribution in [0.4, 0.5) is 8.78 Å². The summed E-state index contributed by atoms with van der Waals surface area (Å²) in [6, 6.07) is 0.367. The highest BCUT2D eigenvalue weighted by Gasteiger charge is 2.38. The molecular weight excluding hydrogens is 422 g/mol. The van der Waals surface area contributed by atoms with Gasteiger partial charge in [0.25, 0.3) is 5.92 Å². The number of hydrogen-bond donors (Lipinski definition) is 1. The lowest BCUT2D eigenvalue weighted by Gasteiger charge is -2.40. The van der Waals surface area contributed by atoms with Crippen LogP contribution in [0.15, 0.2) is 6.33 Å². The minimum absolute atomic E-state index is 0.0297. The topological polar surface area (TPSA) is 81.3 Å². The minimum Gasteiger partial charge on any atom is -0.474 e. The third kappa shape index (κ3) is 4.26. The number of thiophene rings is 1. The van der Waals surface area contributed by atoms with Crippen LogP contribution in [0.2, 0.25) is 0 Å². The number of aromatic nitrogens is 2. The van der Waals surface area contributed by atoms with Crippen molar-refractivity contribution in [3.8, 4) is 5.88 Å². The van der Waals surface area contributed by atoms with E-state index < -0.39 is 5.92 Å².